The van der Waals surface area contributed by atoms with Gasteiger partial charge < -0.3 is 18.9 Å². The molecule has 0 atom stereocenters. The van der Waals surface area contributed by atoms with Gasteiger partial charge in [-0.3, -0.25) is 0 Å². The first kappa shape index (κ1) is 45.1. The van der Waals surface area contributed by atoms with E-state index in [0.717, 1.165) is 122 Å². The van der Waals surface area contributed by atoms with Crippen molar-refractivity contribution in [2.45, 2.75) is 0 Å². The van der Waals surface area contributed by atoms with Gasteiger partial charge in [-0.1, -0.05) is 140 Å². The Morgan fingerprint density at radius 2 is 0.654 bits per heavy atom. The van der Waals surface area contributed by atoms with Crippen LogP contribution in [-0.4, -0.2) is 9.13 Å². The molecule has 2 heterocycles. The predicted octanol–water partition coefficient (Wildman–Crippen LogP) is 20.2. The summed E-state index contributed by atoms with van der Waals surface area (Å²) >= 11 is 0. The van der Waals surface area contributed by atoms with Gasteiger partial charge in [-0.2, -0.15) is 0 Å². The first-order chi connectivity index (χ1) is 38.5. The number of hydrogen-bond donors (Lipinski definition) is 0. The van der Waals surface area contributed by atoms with Crippen molar-refractivity contribution in [1.29, 1.82) is 0 Å². The number of halogens is 2. The molecule has 0 saturated heterocycles. The fourth-order valence-electron chi connectivity index (χ4n) is 12.0. The van der Waals surface area contributed by atoms with Gasteiger partial charge in [0, 0.05) is 66.7 Å². The van der Waals surface area contributed by atoms with E-state index < -0.39 is 0 Å². The van der Waals surface area contributed by atoms with Crippen LogP contribution in [0.15, 0.2) is 279 Å². The number of fused-ring (bicyclic) bond motifs is 9. The van der Waals surface area contributed by atoms with E-state index in [4.69, 9.17) is 0 Å². The lowest BCUT2D eigenvalue weighted by Gasteiger charge is -2.28. The topological polar surface area (TPSA) is 16.3 Å². The second-order valence-electron chi connectivity index (χ2n) is 20.0. The van der Waals surface area contributed by atoms with E-state index in [0.29, 0.717) is 0 Å². The van der Waals surface area contributed by atoms with E-state index in [1.54, 1.807) is 0 Å². The number of anilines is 6. The van der Waals surface area contributed by atoms with E-state index >= 15 is 0 Å². The van der Waals surface area contributed by atoms with E-state index in [1.165, 1.54) is 35.0 Å². The van der Waals surface area contributed by atoms with Gasteiger partial charge in [-0.05, 0) is 178 Å². The minimum absolute atomic E-state index is 0.260. The van der Waals surface area contributed by atoms with Gasteiger partial charge in [0.15, 0.2) is 0 Å². The fraction of sp³-hybridized carbons (Fsp3) is 0. The highest BCUT2D eigenvalue weighted by Gasteiger charge is 2.22. The van der Waals surface area contributed by atoms with Crippen molar-refractivity contribution in [3.63, 3.8) is 0 Å². The molecule has 0 radical (unpaired) electrons. The summed E-state index contributed by atoms with van der Waals surface area (Å²) in [6.07, 6.45) is 0. The van der Waals surface area contributed by atoms with Crippen molar-refractivity contribution in [2.75, 3.05) is 9.80 Å². The number of aromatic nitrogens is 2. The first-order valence-corrected chi connectivity index (χ1v) is 26.3. The van der Waals surface area contributed by atoms with E-state index in [-0.39, 0.29) is 11.6 Å². The van der Waals surface area contributed by atoms with Gasteiger partial charge in [0.1, 0.15) is 11.6 Å². The first-order valence-electron chi connectivity index (χ1n) is 26.3. The highest BCUT2D eigenvalue weighted by atomic mass is 19.1. The van der Waals surface area contributed by atoms with E-state index in [1.807, 2.05) is 24.3 Å². The molecule has 0 spiro atoms. The summed E-state index contributed by atoms with van der Waals surface area (Å²) in [4.78, 5) is 4.73. The summed E-state index contributed by atoms with van der Waals surface area (Å²) in [6.45, 7) is 0. The molecule has 0 bridgehead atoms. The van der Waals surface area contributed by atoms with Crippen molar-refractivity contribution in [2.24, 2.45) is 0 Å². The van der Waals surface area contributed by atoms with Crippen molar-refractivity contribution in [1.82, 2.24) is 9.13 Å². The molecule has 0 aliphatic heterocycles. The normalized spacial score (nSPS) is 11.7. The summed E-state index contributed by atoms with van der Waals surface area (Å²) in [7, 11) is 0. The van der Waals surface area contributed by atoms with Crippen molar-refractivity contribution < 1.29 is 8.78 Å². The van der Waals surface area contributed by atoms with E-state index in [2.05, 4.69) is 249 Å². The minimum atomic E-state index is -0.261. The van der Waals surface area contributed by atoms with Crippen molar-refractivity contribution in [3.05, 3.63) is 291 Å². The molecule has 4 nitrogen and oxygen atoms in total. The molecule has 0 fully saturated rings. The number of benzene rings is 13. The Balaban J connectivity index is 0.866. The third-order valence-electron chi connectivity index (χ3n) is 15.6. The molecule has 13 aromatic carbocycles. The number of para-hydroxylation sites is 2. The lowest BCUT2D eigenvalue weighted by Crippen LogP contribution is -2.11. The summed E-state index contributed by atoms with van der Waals surface area (Å²) in [5.74, 6) is -0.521. The molecule has 15 aromatic rings. The average molecular weight is 1010 g/mol. The zero-order chi connectivity index (χ0) is 51.8. The van der Waals surface area contributed by atoms with Gasteiger partial charge in [0.05, 0.1) is 27.8 Å². The molecular weight excluding hydrogens is 959 g/mol. The smallest absolute Gasteiger partial charge is 0.123 e. The molecule has 368 valence electrons. The van der Waals surface area contributed by atoms with Gasteiger partial charge >= 0.3 is 0 Å². The average Bonchev–Trinajstić information content (AvgIpc) is 4.22. The number of rotatable bonds is 9. The van der Waals surface area contributed by atoms with E-state index in [9.17, 15) is 8.78 Å². The monoisotopic (exact) mass is 1000 g/mol. The Hall–Kier alpha value is -10.3. The maximum Gasteiger partial charge on any atom is 0.123 e. The lowest BCUT2D eigenvalue weighted by molar-refractivity contribution is 0.627. The van der Waals surface area contributed by atoms with Crippen LogP contribution in [0.25, 0.3) is 98.4 Å². The summed E-state index contributed by atoms with van der Waals surface area (Å²) in [5, 5.41) is 11.4. The molecule has 0 aliphatic carbocycles. The lowest BCUT2D eigenvalue weighted by atomic mass is 9.95. The van der Waals surface area contributed by atoms with Gasteiger partial charge in [-0.15, -0.1) is 0 Å². The Bertz CT molecular complexity index is 4820. The van der Waals surface area contributed by atoms with Crippen LogP contribution in [0, 0.1) is 11.6 Å². The van der Waals surface area contributed by atoms with Crippen LogP contribution in [-0.2, 0) is 0 Å². The molecule has 0 saturated carbocycles. The second kappa shape index (κ2) is 18.2. The molecule has 0 aliphatic rings. The van der Waals surface area contributed by atoms with Crippen LogP contribution in [0.2, 0.25) is 0 Å². The summed E-state index contributed by atoms with van der Waals surface area (Å²) in [6, 6.07) is 96.4. The van der Waals surface area contributed by atoms with Crippen LogP contribution in [0.4, 0.5) is 42.9 Å². The largest absolute Gasteiger partial charge is 0.310 e. The molecule has 0 unspecified atom stereocenters. The second-order valence-corrected chi connectivity index (χ2v) is 20.0. The third kappa shape index (κ3) is 7.48. The molecule has 0 amide bonds. The Labute approximate surface area is 448 Å². The van der Waals surface area contributed by atoms with Gasteiger partial charge in [0.2, 0.25) is 0 Å². The molecule has 2 aromatic heterocycles. The molecule has 15 rings (SSSR count). The Morgan fingerprint density at radius 1 is 0.256 bits per heavy atom. The van der Waals surface area contributed by atoms with Crippen molar-refractivity contribution in [3.8, 4) is 22.5 Å². The molecular formula is C72H46F2N4. The van der Waals surface area contributed by atoms with Crippen LogP contribution >= 0.6 is 0 Å². The minimum Gasteiger partial charge on any atom is -0.310 e. The maximum atomic E-state index is 14.3. The summed E-state index contributed by atoms with van der Waals surface area (Å²) < 4.78 is 32.9. The predicted molar refractivity (Wildman–Crippen MR) is 322 cm³/mol. The van der Waals surface area contributed by atoms with Crippen LogP contribution in [0.5, 0.6) is 0 Å². The molecule has 78 heavy (non-hydrogen) atoms. The third-order valence-corrected chi connectivity index (χ3v) is 15.6. The highest BCUT2D eigenvalue weighted by Crippen LogP contribution is 2.46. The highest BCUT2D eigenvalue weighted by molar-refractivity contribution is 6.13. The maximum absolute atomic E-state index is 14.3. The fourth-order valence-corrected chi connectivity index (χ4v) is 12.0. The zero-order valence-electron chi connectivity index (χ0n) is 42.1. The molecule has 0 N–H and O–H groups in total. The number of nitrogens with zero attached hydrogens (tertiary/aromatic N) is 4. The number of hydrogen-bond acceptors (Lipinski definition) is 2. The van der Waals surface area contributed by atoms with Gasteiger partial charge in [-0.25, -0.2) is 8.78 Å². The van der Waals surface area contributed by atoms with Crippen LogP contribution < -0.4 is 9.80 Å². The van der Waals surface area contributed by atoms with Gasteiger partial charge in [0.25, 0.3) is 0 Å². The van der Waals surface area contributed by atoms with Crippen LogP contribution in [0.3, 0.4) is 0 Å². The standard InChI is InChI=1S/C72H46F2N4/c73-52-25-33-55(34-26-52)77-68-19-9-7-17-64(68)66-45-59(37-40-71(66)77)75(57-31-21-47-11-1-3-13-50(47)43-57)54-29-23-49(24-30-54)61-39-42-70(63-16-6-5-15-62(61)63)76(58-32-22-48-12-2-4-14-51(48)44-58)60-38-41-72-67(46-60)65-18-8-10-20-69(65)78(72)56-35-27-53(74)28-36-56/h1-46H. The Kier molecular flexibility index (Phi) is 10.5. The Morgan fingerprint density at radius 3 is 1.19 bits per heavy atom. The SMILES string of the molecule is Fc1ccc(-n2c3ccccc3c3cc(N(c4ccc(-c5ccc(N(c6ccc7ccccc7c6)c6ccc7c(c6)c6ccccc6n7-c6ccc(F)cc6)c6ccccc56)cc4)c4ccc5ccccc5c4)ccc32)cc1. The summed E-state index contributed by atoms with van der Waals surface area (Å²) in [5.41, 5.74) is 14.5. The quantitative estimate of drug-likeness (QED) is 0.143. The van der Waals surface area contributed by atoms with Crippen molar-refractivity contribution >= 4 is 110 Å². The zero-order valence-corrected chi connectivity index (χ0v) is 42.1. The van der Waals surface area contributed by atoms with Crippen LogP contribution in [0.1, 0.15) is 0 Å². The molecule has 6 heteroatoms.